The van der Waals surface area contributed by atoms with Gasteiger partial charge in [0.25, 0.3) is 0 Å². The van der Waals surface area contributed by atoms with Crippen molar-refractivity contribution in [3.05, 3.63) is 12.2 Å². The molecule has 0 aromatic rings. The Hall–Kier alpha value is -0.180. The van der Waals surface area contributed by atoms with E-state index in [4.69, 9.17) is 129 Å². The van der Waals surface area contributed by atoms with Crippen LogP contribution in [0.15, 0.2) is 12.2 Å². The van der Waals surface area contributed by atoms with Crippen molar-refractivity contribution in [1.82, 2.24) is 0 Å². The SMILES string of the molecule is O=C1CC(OC2C(O)CC(OC3C(CCl)OC(O)C(O)C3O)OC2CCl)OC(CCl)C1OC1OCC(OC2CC(O)C(OC3OC(CCl)C(OC4OC(CCl)C(OC5CC=CCO5)C(O)C4O)C(O)C3O)CO2)C(O)C1O. The normalized spacial score (nSPS) is 50.2. The molecule has 30 atom stereocenters. The summed E-state index contributed by atoms with van der Waals surface area (Å²) in [6.45, 7) is -0.472. The van der Waals surface area contributed by atoms with E-state index in [1.165, 1.54) is 0 Å². The summed E-state index contributed by atoms with van der Waals surface area (Å²) in [5.41, 5.74) is 0. The second-order valence-electron chi connectivity index (χ2n) is 19.6. The Kier molecular flexibility index (Phi) is 23.3. The number of aliphatic hydroxyl groups excluding tert-OH is 11. The van der Waals surface area contributed by atoms with Gasteiger partial charge in [-0.1, -0.05) is 12.2 Å². The van der Waals surface area contributed by atoms with Crippen LogP contribution in [0.4, 0.5) is 0 Å². The van der Waals surface area contributed by atoms with E-state index >= 15 is 0 Å². The van der Waals surface area contributed by atoms with E-state index in [1.807, 2.05) is 6.08 Å². The summed E-state index contributed by atoms with van der Waals surface area (Å²) in [5.74, 6) is -1.90. The molecular formula is C45H67Cl5O27. The van der Waals surface area contributed by atoms with Gasteiger partial charge in [-0.3, -0.25) is 4.79 Å². The third kappa shape index (κ3) is 14.7. The minimum atomic E-state index is -1.81. The second kappa shape index (κ2) is 28.6. The minimum Gasteiger partial charge on any atom is -0.390 e. The van der Waals surface area contributed by atoms with Crippen molar-refractivity contribution in [3.63, 3.8) is 0 Å². The first-order chi connectivity index (χ1) is 36.9. The largest absolute Gasteiger partial charge is 0.390 e. The van der Waals surface area contributed by atoms with Crippen LogP contribution in [0.3, 0.4) is 0 Å². The number of halogens is 5. The smallest absolute Gasteiger partial charge is 0.187 e. The highest BCUT2D eigenvalue weighted by atomic mass is 35.5. The molecule has 7 saturated heterocycles. The average Bonchev–Trinajstić information content (AvgIpc) is 3.43. The average molecular weight is 1220 g/mol. The van der Waals surface area contributed by atoms with Crippen LogP contribution in [0.1, 0.15) is 25.7 Å². The molecule has 0 aliphatic carbocycles. The molecule has 0 aromatic carbocycles. The third-order valence-electron chi connectivity index (χ3n) is 14.3. The Balaban J connectivity index is 0.774. The van der Waals surface area contributed by atoms with Crippen molar-refractivity contribution in [2.24, 2.45) is 0 Å². The quantitative estimate of drug-likeness (QED) is 0.0432. The predicted octanol–water partition coefficient (Wildman–Crippen LogP) is -4.14. The molecule has 7 fully saturated rings. The highest BCUT2D eigenvalue weighted by molar-refractivity contribution is 6.19. The van der Waals surface area contributed by atoms with Crippen LogP contribution in [0, 0.1) is 0 Å². The van der Waals surface area contributed by atoms with Gasteiger partial charge in [0.15, 0.2) is 56.1 Å². The summed E-state index contributed by atoms with van der Waals surface area (Å²) in [5, 5.41) is 119. The molecule has 0 bridgehead atoms. The van der Waals surface area contributed by atoms with Crippen molar-refractivity contribution in [2.75, 3.05) is 49.2 Å². The number of hydrogen-bond donors (Lipinski definition) is 11. The maximum atomic E-state index is 13.6. The number of ketones is 1. The maximum absolute atomic E-state index is 13.6. The van der Waals surface area contributed by atoms with Crippen LogP contribution in [0.5, 0.6) is 0 Å². The zero-order chi connectivity index (χ0) is 55.4. The summed E-state index contributed by atoms with van der Waals surface area (Å²) in [6.07, 6.45) is -38.5. The van der Waals surface area contributed by atoms with E-state index in [-0.39, 0.29) is 55.5 Å². The molecule has 8 aliphatic rings. The number of Topliss-reactive ketones (excluding diaryl/α,β-unsaturated/α-hetero) is 1. The van der Waals surface area contributed by atoms with Gasteiger partial charge in [0.1, 0.15) is 122 Å². The lowest BCUT2D eigenvalue weighted by Crippen LogP contribution is -2.65. The van der Waals surface area contributed by atoms with E-state index < -0.39 is 203 Å². The number of aliphatic hydroxyl groups is 11. The molecule has 8 rings (SSSR count). The topological polar surface area (TPSA) is 378 Å². The fraction of sp³-hybridized carbons (Fsp3) is 0.933. The van der Waals surface area contributed by atoms with Gasteiger partial charge in [-0.15, -0.1) is 58.0 Å². The van der Waals surface area contributed by atoms with Gasteiger partial charge in [0, 0.05) is 19.3 Å². The number of ether oxygens (including phenoxy) is 15. The van der Waals surface area contributed by atoms with Gasteiger partial charge < -0.3 is 127 Å². The fourth-order valence-electron chi connectivity index (χ4n) is 10.0. The van der Waals surface area contributed by atoms with Crippen LogP contribution in [-0.4, -0.2) is 296 Å². The molecule has 11 N–H and O–H groups in total. The maximum Gasteiger partial charge on any atom is 0.187 e. The molecule has 0 amide bonds. The lowest BCUT2D eigenvalue weighted by atomic mass is 9.97. The standard InChI is InChI=1S/C45H67Cl5O27/c46-8-18-37(16(52)6-28(66-18)75-39-20(10-48)69-42(62)33(58)30(39)55)74-27-7-17(53)38(19(9-47)67-27)76-43-34(59)29(54)24(14-65-43)68-26-5-15(51)23(13-64-26)72-44-35(60)32(57)41(22(12-50)70-44)77-45-36(61)31(56)40(21(11-49)71-45)73-25-3-1-2-4-63-25/h1-2,15-16,18-45,51-52,54-62H,3-14H2. The molecule has 30 unspecified atom stereocenters. The molecule has 32 heteroatoms. The molecule has 0 aromatic heterocycles. The van der Waals surface area contributed by atoms with E-state index in [1.54, 1.807) is 6.08 Å². The van der Waals surface area contributed by atoms with E-state index in [2.05, 4.69) is 0 Å². The summed E-state index contributed by atoms with van der Waals surface area (Å²) in [6, 6.07) is 0. The number of rotatable bonds is 19. The number of alkyl halides is 5. The van der Waals surface area contributed by atoms with Crippen LogP contribution in [-0.2, 0) is 75.8 Å². The van der Waals surface area contributed by atoms with Gasteiger partial charge in [-0.2, -0.15) is 0 Å². The molecule has 27 nitrogen and oxygen atoms in total. The van der Waals surface area contributed by atoms with Crippen LogP contribution in [0.2, 0.25) is 0 Å². The Morgan fingerprint density at radius 3 is 1.56 bits per heavy atom. The Morgan fingerprint density at radius 1 is 0.429 bits per heavy atom. The van der Waals surface area contributed by atoms with Gasteiger partial charge in [-0.05, 0) is 0 Å². The molecule has 0 radical (unpaired) electrons. The Labute approximate surface area is 465 Å². The van der Waals surface area contributed by atoms with Crippen molar-refractivity contribution in [1.29, 1.82) is 0 Å². The van der Waals surface area contributed by atoms with E-state index in [0.717, 1.165) is 0 Å². The van der Waals surface area contributed by atoms with Crippen molar-refractivity contribution in [2.45, 2.75) is 210 Å². The van der Waals surface area contributed by atoms with E-state index in [0.29, 0.717) is 6.42 Å². The van der Waals surface area contributed by atoms with Gasteiger partial charge in [0.05, 0.1) is 67.8 Å². The zero-order valence-electron chi connectivity index (χ0n) is 40.8. The Morgan fingerprint density at radius 2 is 0.948 bits per heavy atom. The van der Waals surface area contributed by atoms with Gasteiger partial charge in [0.2, 0.25) is 0 Å². The van der Waals surface area contributed by atoms with Gasteiger partial charge in [-0.25, -0.2) is 0 Å². The first-order valence-corrected chi connectivity index (χ1v) is 27.7. The Bertz CT molecular complexity index is 1870. The fourth-order valence-corrected chi connectivity index (χ4v) is 11.3. The molecule has 0 spiro atoms. The molecule has 0 saturated carbocycles. The third-order valence-corrected chi connectivity index (χ3v) is 15.8. The summed E-state index contributed by atoms with van der Waals surface area (Å²) < 4.78 is 86.9. The highest BCUT2D eigenvalue weighted by Gasteiger charge is 2.54. The predicted molar refractivity (Wildman–Crippen MR) is 255 cm³/mol. The molecule has 8 heterocycles. The first-order valence-electron chi connectivity index (χ1n) is 25.0. The van der Waals surface area contributed by atoms with Crippen LogP contribution in [0.25, 0.3) is 0 Å². The molecule has 444 valence electrons. The molecule has 8 aliphatic heterocycles. The summed E-state index contributed by atoms with van der Waals surface area (Å²) >= 11 is 30.7. The van der Waals surface area contributed by atoms with E-state index in [9.17, 15) is 61.0 Å². The van der Waals surface area contributed by atoms with Crippen molar-refractivity contribution < 1.29 is 132 Å². The summed E-state index contributed by atoms with van der Waals surface area (Å²) in [7, 11) is 0. The minimum absolute atomic E-state index is 0.186. The van der Waals surface area contributed by atoms with Crippen molar-refractivity contribution in [3.8, 4) is 0 Å². The first kappa shape index (κ1) is 62.9. The monoisotopic (exact) mass is 1210 g/mol. The van der Waals surface area contributed by atoms with Crippen molar-refractivity contribution >= 4 is 63.8 Å². The lowest BCUT2D eigenvalue weighted by molar-refractivity contribution is -0.369. The van der Waals surface area contributed by atoms with Crippen LogP contribution >= 0.6 is 58.0 Å². The number of hydrogen-bond acceptors (Lipinski definition) is 27. The summed E-state index contributed by atoms with van der Waals surface area (Å²) in [4.78, 5) is 13.6. The molecular weight excluding hydrogens is 1150 g/mol. The number of carbonyl (C=O) groups is 1. The highest BCUT2D eigenvalue weighted by Crippen LogP contribution is 2.36. The second-order valence-corrected chi connectivity index (χ2v) is 21.1. The van der Waals surface area contributed by atoms with Gasteiger partial charge >= 0.3 is 0 Å². The lowest BCUT2D eigenvalue weighted by Gasteiger charge is -2.47. The zero-order valence-corrected chi connectivity index (χ0v) is 44.6. The van der Waals surface area contributed by atoms with Crippen LogP contribution < -0.4 is 0 Å². The molecule has 77 heavy (non-hydrogen) atoms. The number of carbonyl (C=O) groups excluding carboxylic acids is 1.